The minimum atomic E-state index is 0.534. The van der Waals surface area contributed by atoms with Gasteiger partial charge < -0.3 is 5.32 Å². The summed E-state index contributed by atoms with van der Waals surface area (Å²) in [4.78, 5) is 0. The number of halogens is 1. The molecule has 4 heteroatoms. The van der Waals surface area contributed by atoms with Gasteiger partial charge >= 0.3 is 0 Å². The first-order valence-electron chi connectivity index (χ1n) is 6.93. The van der Waals surface area contributed by atoms with E-state index in [2.05, 4.69) is 54.0 Å². The lowest BCUT2D eigenvalue weighted by molar-refractivity contribution is 0.416. The zero-order valence-electron chi connectivity index (χ0n) is 12.3. The van der Waals surface area contributed by atoms with E-state index < -0.39 is 0 Å². The fourth-order valence-corrected chi connectivity index (χ4v) is 3.15. The molecule has 0 amide bonds. The largest absolute Gasteiger partial charge is 0.314 e. The van der Waals surface area contributed by atoms with E-state index >= 15 is 0 Å². The van der Waals surface area contributed by atoms with Gasteiger partial charge in [0, 0.05) is 19.5 Å². The zero-order chi connectivity index (χ0) is 13.7. The first-order valence-corrected chi connectivity index (χ1v) is 7.72. The van der Waals surface area contributed by atoms with Crippen LogP contribution in [0.3, 0.4) is 0 Å². The van der Waals surface area contributed by atoms with E-state index in [1.54, 1.807) is 0 Å². The first-order chi connectivity index (χ1) is 8.49. The van der Waals surface area contributed by atoms with Gasteiger partial charge in [-0.05, 0) is 41.2 Å². The van der Waals surface area contributed by atoms with Crippen molar-refractivity contribution < 1.29 is 0 Å². The summed E-state index contributed by atoms with van der Waals surface area (Å²) >= 11 is 3.70. The van der Waals surface area contributed by atoms with E-state index in [0.717, 1.165) is 25.1 Å². The predicted octanol–water partition coefficient (Wildman–Crippen LogP) is 3.31. The van der Waals surface area contributed by atoms with Gasteiger partial charge in [0.15, 0.2) is 0 Å². The van der Waals surface area contributed by atoms with Gasteiger partial charge in [0.1, 0.15) is 0 Å². The average Bonchev–Trinajstić information content (AvgIpc) is 2.56. The number of hydrogen-bond acceptors (Lipinski definition) is 2. The number of likely N-dealkylation sites (N-methyl/N-ethyl adjacent to an activating group) is 1. The van der Waals surface area contributed by atoms with E-state index in [4.69, 9.17) is 0 Å². The minimum absolute atomic E-state index is 0.534. The van der Waals surface area contributed by atoms with Crippen molar-refractivity contribution in [3.05, 3.63) is 15.9 Å². The molecule has 1 N–H and O–H groups in total. The number of nitrogens with zero attached hydrogens (tertiary/aromatic N) is 2. The minimum Gasteiger partial charge on any atom is -0.314 e. The standard InChI is InChI=1S/C14H26BrN3/c1-6-12-14(15)13(18(5)17-12)9-11(16-7-2)8-10(3)4/h10-11,16H,6-9H2,1-5H3. The normalized spacial score (nSPS) is 13.3. The third-order valence-electron chi connectivity index (χ3n) is 3.19. The molecule has 18 heavy (non-hydrogen) atoms. The Morgan fingerprint density at radius 1 is 1.33 bits per heavy atom. The third-order valence-corrected chi connectivity index (χ3v) is 4.11. The second-order valence-corrected chi connectivity index (χ2v) is 6.07. The summed E-state index contributed by atoms with van der Waals surface area (Å²) in [6.07, 6.45) is 3.22. The van der Waals surface area contributed by atoms with Crippen LogP contribution in [0.5, 0.6) is 0 Å². The number of aryl methyl sites for hydroxylation is 2. The highest BCUT2D eigenvalue weighted by Crippen LogP contribution is 2.23. The lowest BCUT2D eigenvalue weighted by Crippen LogP contribution is -2.33. The van der Waals surface area contributed by atoms with Gasteiger partial charge in [-0.2, -0.15) is 5.10 Å². The molecule has 1 heterocycles. The molecule has 0 radical (unpaired) electrons. The lowest BCUT2D eigenvalue weighted by atomic mass is 9.99. The molecule has 0 bridgehead atoms. The average molecular weight is 316 g/mol. The molecule has 0 saturated carbocycles. The molecule has 0 fully saturated rings. The van der Waals surface area contributed by atoms with E-state index in [9.17, 15) is 0 Å². The Kier molecular flexibility index (Phi) is 6.36. The van der Waals surface area contributed by atoms with Crippen LogP contribution in [-0.2, 0) is 19.9 Å². The molecule has 0 aromatic carbocycles. The van der Waals surface area contributed by atoms with Crippen molar-refractivity contribution in [1.82, 2.24) is 15.1 Å². The Hall–Kier alpha value is -0.350. The summed E-state index contributed by atoms with van der Waals surface area (Å²) in [7, 11) is 2.04. The van der Waals surface area contributed by atoms with Crippen LogP contribution in [-0.4, -0.2) is 22.4 Å². The molecule has 1 aromatic rings. The fraction of sp³-hybridized carbons (Fsp3) is 0.786. The quantitative estimate of drug-likeness (QED) is 0.836. The van der Waals surface area contributed by atoms with E-state index in [1.165, 1.54) is 16.6 Å². The molecule has 1 unspecified atom stereocenters. The number of nitrogens with one attached hydrogen (secondary N) is 1. The Balaban J connectivity index is 2.82. The molecule has 3 nitrogen and oxygen atoms in total. The SMILES string of the molecule is CCNC(Cc1c(Br)c(CC)nn1C)CC(C)C. The molecular formula is C14H26BrN3. The molecule has 0 saturated heterocycles. The van der Waals surface area contributed by atoms with Gasteiger partial charge in [0.05, 0.1) is 15.9 Å². The summed E-state index contributed by atoms with van der Waals surface area (Å²) in [6, 6.07) is 0.534. The predicted molar refractivity (Wildman–Crippen MR) is 80.9 cm³/mol. The highest BCUT2D eigenvalue weighted by atomic mass is 79.9. The van der Waals surface area contributed by atoms with Gasteiger partial charge in [0.2, 0.25) is 0 Å². The lowest BCUT2D eigenvalue weighted by Gasteiger charge is -2.20. The molecule has 1 atom stereocenters. The number of aromatic nitrogens is 2. The molecule has 1 aromatic heterocycles. The van der Waals surface area contributed by atoms with Crippen molar-refractivity contribution in [3.8, 4) is 0 Å². The summed E-state index contributed by atoms with van der Waals surface area (Å²) in [6.45, 7) is 9.89. The van der Waals surface area contributed by atoms with Gasteiger partial charge in [-0.1, -0.05) is 27.7 Å². The zero-order valence-corrected chi connectivity index (χ0v) is 13.8. The first kappa shape index (κ1) is 15.7. The van der Waals surface area contributed by atoms with Gasteiger partial charge in [-0.15, -0.1) is 0 Å². The van der Waals surface area contributed by atoms with Crippen molar-refractivity contribution in [2.75, 3.05) is 6.54 Å². The van der Waals surface area contributed by atoms with Crippen LogP contribution in [0.15, 0.2) is 4.47 Å². The fourth-order valence-electron chi connectivity index (χ4n) is 2.37. The van der Waals surface area contributed by atoms with Crippen LogP contribution in [0.25, 0.3) is 0 Å². The molecule has 104 valence electrons. The monoisotopic (exact) mass is 315 g/mol. The smallest absolute Gasteiger partial charge is 0.0766 e. The van der Waals surface area contributed by atoms with E-state index in [1.807, 2.05) is 11.7 Å². The molecule has 0 aliphatic heterocycles. The van der Waals surface area contributed by atoms with Crippen molar-refractivity contribution in [3.63, 3.8) is 0 Å². The van der Waals surface area contributed by atoms with E-state index in [0.29, 0.717) is 12.0 Å². The maximum Gasteiger partial charge on any atom is 0.0766 e. The van der Waals surface area contributed by atoms with Crippen LogP contribution in [0.4, 0.5) is 0 Å². The maximum absolute atomic E-state index is 4.56. The molecular weight excluding hydrogens is 290 g/mol. The van der Waals surface area contributed by atoms with Crippen molar-refractivity contribution in [2.45, 2.75) is 53.0 Å². The van der Waals surface area contributed by atoms with Crippen molar-refractivity contribution in [2.24, 2.45) is 13.0 Å². The Bertz CT molecular complexity index is 371. The van der Waals surface area contributed by atoms with Crippen LogP contribution in [0.1, 0.15) is 45.5 Å². The van der Waals surface area contributed by atoms with Crippen LogP contribution in [0, 0.1) is 5.92 Å². The van der Waals surface area contributed by atoms with Crippen molar-refractivity contribution >= 4 is 15.9 Å². The van der Waals surface area contributed by atoms with Crippen molar-refractivity contribution in [1.29, 1.82) is 0 Å². The third kappa shape index (κ3) is 4.09. The van der Waals surface area contributed by atoms with E-state index in [-0.39, 0.29) is 0 Å². The second kappa shape index (κ2) is 7.29. The topological polar surface area (TPSA) is 29.9 Å². The Morgan fingerprint density at radius 2 is 2.00 bits per heavy atom. The molecule has 1 rings (SSSR count). The highest BCUT2D eigenvalue weighted by molar-refractivity contribution is 9.10. The molecule has 0 spiro atoms. The van der Waals surface area contributed by atoms with Crippen LogP contribution >= 0.6 is 15.9 Å². The Labute approximate surface area is 119 Å². The van der Waals surface area contributed by atoms with Gasteiger partial charge in [-0.25, -0.2) is 0 Å². The summed E-state index contributed by atoms with van der Waals surface area (Å²) < 4.78 is 3.22. The molecule has 0 aliphatic rings. The maximum atomic E-state index is 4.56. The summed E-state index contributed by atoms with van der Waals surface area (Å²) in [5, 5.41) is 8.15. The number of hydrogen-bond donors (Lipinski definition) is 1. The van der Waals surface area contributed by atoms with Crippen LogP contribution < -0.4 is 5.32 Å². The summed E-state index contributed by atoms with van der Waals surface area (Å²) in [5.74, 6) is 0.715. The second-order valence-electron chi connectivity index (χ2n) is 5.27. The summed E-state index contributed by atoms with van der Waals surface area (Å²) in [5.41, 5.74) is 2.46. The highest BCUT2D eigenvalue weighted by Gasteiger charge is 2.17. The number of rotatable bonds is 7. The van der Waals surface area contributed by atoms with Crippen LogP contribution in [0.2, 0.25) is 0 Å². The van der Waals surface area contributed by atoms with Gasteiger partial charge in [0.25, 0.3) is 0 Å². The van der Waals surface area contributed by atoms with Gasteiger partial charge in [-0.3, -0.25) is 4.68 Å². The Morgan fingerprint density at radius 3 is 2.44 bits per heavy atom. The molecule has 0 aliphatic carbocycles.